The fourth-order valence-electron chi connectivity index (χ4n) is 4.97. The van der Waals surface area contributed by atoms with Crippen LogP contribution >= 0.6 is 11.3 Å². The molecule has 2 aromatic carbocycles. The number of ether oxygens (including phenoxy) is 2. The van der Waals surface area contributed by atoms with E-state index in [-0.39, 0.29) is 60.1 Å². The van der Waals surface area contributed by atoms with Crippen molar-refractivity contribution in [2.45, 2.75) is 92.0 Å². The molecule has 5 nitrogen and oxygen atoms in total. The summed E-state index contributed by atoms with van der Waals surface area (Å²) in [5.74, 6) is -0.406. The molecule has 3 aromatic rings. The number of alkyl halides is 3. The highest BCUT2D eigenvalue weighted by atomic mass is 32.1. The minimum absolute atomic E-state index is 0.0231. The first-order valence-corrected chi connectivity index (χ1v) is 15.6. The first-order valence-electron chi connectivity index (χ1n) is 14.8. The number of thiophene rings is 1. The van der Waals surface area contributed by atoms with Crippen LogP contribution in [0.5, 0.6) is 5.75 Å². The monoisotopic (exact) mass is 622 g/mol. The Morgan fingerprint density at radius 1 is 0.884 bits per heavy atom. The molecule has 0 aliphatic carbocycles. The molecule has 43 heavy (non-hydrogen) atoms. The zero-order chi connectivity index (χ0) is 32.0. The molecule has 3 atom stereocenters. The molecule has 3 unspecified atom stereocenters. The molecule has 0 saturated heterocycles. The number of rotatable bonds is 13. The zero-order valence-corrected chi connectivity index (χ0v) is 26.8. The predicted octanol–water partition coefficient (Wildman–Crippen LogP) is 8.89. The van der Waals surface area contributed by atoms with Gasteiger partial charge in [-0.15, -0.1) is 11.3 Å². The van der Waals surface area contributed by atoms with Crippen molar-refractivity contribution in [1.82, 2.24) is 0 Å². The summed E-state index contributed by atoms with van der Waals surface area (Å²) in [6.45, 7) is 12.6. The molecule has 0 fully saturated rings. The van der Waals surface area contributed by atoms with E-state index in [9.17, 15) is 28.2 Å². The van der Waals surface area contributed by atoms with Crippen LogP contribution < -0.4 is 4.74 Å². The number of carbonyl (C=O) groups is 1. The van der Waals surface area contributed by atoms with Crippen LogP contribution in [0.4, 0.5) is 13.2 Å². The Hall–Kier alpha value is -2.62. The van der Waals surface area contributed by atoms with Gasteiger partial charge < -0.3 is 19.7 Å². The van der Waals surface area contributed by atoms with E-state index in [1.165, 1.54) is 23.5 Å². The third-order valence-corrected chi connectivity index (χ3v) is 8.53. The van der Waals surface area contributed by atoms with Gasteiger partial charge in [0.25, 0.3) is 0 Å². The van der Waals surface area contributed by atoms with Crippen molar-refractivity contribution in [2.24, 2.45) is 16.7 Å². The Labute approximate surface area is 257 Å². The number of hydrogen-bond acceptors (Lipinski definition) is 6. The molecule has 9 heteroatoms. The maximum Gasteiger partial charge on any atom is 0.417 e. The summed E-state index contributed by atoms with van der Waals surface area (Å²) in [6, 6.07) is 13.2. The SMILES string of the molecule is CC(C)(C)CC(C(=O)OCCCC(O)C(O)CCCOc1ccc(-c2cc3ccccc3s2)c(C(F)(F)F)c1)C(C)(C)C. The molecule has 0 amide bonds. The van der Waals surface area contributed by atoms with Crippen molar-refractivity contribution in [3.63, 3.8) is 0 Å². The van der Waals surface area contributed by atoms with Crippen molar-refractivity contribution in [2.75, 3.05) is 13.2 Å². The maximum absolute atomic E-state index is 13.9. The van der Waals surface area contributed by atoms with Crippen LogP contribution in [-0.4, -0.2) is 41.6 Å². The molecule has 0 bridgehead atoms. The molecule has 3 rings (SSSR count). The molecular formula is C34H45F3O5S. The third-order valence-electron chi connectivity index (χ3n) is 7.38. The van der Waals surface area contributed by atoms with Crippen molar-refractivity contribution < 1.29 is 37.7 Å². The van der Waals surface area contributed by atoms with Gasteiger partial charge in [0.05, 0.1) is 36.9 Å². The van der Waals surface area contributed by atoms with Gasteiger partial charge in [0.2, 0.25) is 0 Å². The van der Waals surface area contributed by atoms with Crippen LogP contribution in [0.1, 0.15) is 79.2 Å². The molecule has 238 valence electrons. The Kier molecular flexibility index (Phi) is 11.7. The number of fused-ring (bicyclic) bond motifs is 1. The van der Waals surface area contributed by atoms with E-state index < -0.39 is 23.9 Å². The molecule has 0 spiro atoms. The predicted molar refractivity (Wildman–Crippen MR) is 166 cm³/mol. The van der Waals surface area contributed by atoms with Crippen LogP contribution in [0.3, 0.4) is 0 Å². The van der Waals surface area contributed by atoms with Crippen molar-refractivity contribution >= 4 is 27.4 Å². The van der Waals surface area contributed by atoms with Gasteiger partial charge in [-0.1, -0.05) is 59.7 Å². The van der Waals surface area contributed by atoms with Gasteiger partial charge in [0.1, 0.15) is 5.75 Å². The number of hydrogen-bond donors (Lipinski definition) is 2. The van der Waals surface area contributed by atoms with Gasteiger partial charge in [-0.3, -0.25) is 4.79 Å². The third kappa shape index (κ3) is 10.5. The number of benzene rings is 2. The highest BCUT2D eigenvalue weighted by Crippen LogP contribution is 2.43. The van der Waals surface area contributed by atoms with E-state index in [1.54, 1.807) is 6.07 Å². The number of halogens is 3. The van der Waals surface area contributed by atoms with Gasteiger partial charge >= 0.3 is 12.1 Å². The average molecular weight is 623 g/mol. The lowest BCUT2D eigenvalue weighted by atomic mass is 9.72. The standard InChI is InChI=1S/C34H45F3O5S/c1-32(2,3)21-26(33(4,5)6)31(40)42-18-10-13-28(39)27(38)12-9-17-41-23-15-16-24(25(20-23)34(35,36)37)30-19-22-11-7-8-14-29(22)43-30/h7-8,11,14-16,19-20,26-28,38-39H,9-10,12-13,17-18,21H2,1-6H3. The summed E-state index contributed by atoms with van der Waals surface area (Å²) in [6.07, 6.45) is -4.68. The number of aliphatic hydroxyl groups is 2. The molecular weight excluding hydrogens is 577 g/mol. The minimum Gasteiger partial charge on any atom is -0.494 e. The first-order chi connectivity index (χ1) is 20.0. The number of esters is 1. The zero-order valence-electron chi connectivity index (χ0n) is 26.0. The Balaban J connectivity index is 1.45. The van der Waals surface area contributed by atoms with Gasteiger partial charge in [-0.2, -0.15) is 13.2 Å². The number of carbonyl (C=O) groups excluding carboxylic acids is 1. The first kappa shape index (κ1) is 34.9. The lowest BCUT2D eigenvalue weighted by molar-refractivity contribution is -0.154. The molecule has 2 N–H and O–H groups in total. The van der Waals surface area contributed by atoms with Crippen LogP contribution in [0, 0.1) is 16.7 Å². The molecule has 1 heterocycles. The molecule has 0 saturated carbocycles. The molecule has 0 aliphatic heterocycles. The topological polar surface area (TPSA) is 76.0 Å². The largest absolute Gasteiger partial charge is 0.494 e. The average Bonchev–Trinajstić information content (AvgIpc) is 3.34. The maximum atomic E-state index is 13.9. The molecule has 0 aliphatic rings. The highest BCUT2D eigenvalue weighted by molar-refractivity contribution is 7.22. The van der Waals surface area contributed by atoms with E-state index in [0.717, 1.165) is 16.2 Å². The van der Waals surface area contributed by atoms with Gasteiger partial charge in [0.15, 0.2) is 0 Å². The van der Waals surface area contributed by atoms with Gasteiger partial charge in [-0.25, -0.2) is 0 Å². The van der Waals surface area contributed by atoms with Crippen LogP contribution in [0.15, 0.2) is 48.5 Å². The lowest BCUT2D eigenvalue weighted by Gasteiger charge is -2.33. The van der Waals surface area contributed by atoms with Crippen LogP contribution in [0.2, 0.25) is 0 Å². The van der Waals surface area contributed by atoms with Crippen molar-refractivity contribution in [3.05, 3.63) is 54.1 Å². The minimum atomic E-state index is -4.56. The summed E-state index contributed by atoms with van der Waals surface area (Å²) < 4.78 is 53.8. The van der Waals surface area contributed by atoms with E-state index in [4.69, 9.17) is 9.47 Å². The fourth-order valence-corrected chi connectivity index (χ4v) is 6.07. The fraction of sp³-hybridized carbons (Fsp3) is 0.559. The van der Waals surface area contributed by atoms with Crippen LogP contribution in [-0.2, 0) is 15.7 Å². The summed E-state index contributed by atoms with van der Waals surface area (Å²) in [5, 5.41) is 21.6. The summed E-state index contributed by atoms with van der Waals surface area (Å²) in [5.41, 5.74) is -0.920. The normalized spacial score (nSPS) is 14.9. The molecule has 0 radical (unpaired) electrons. The Bertz CT molecular complexity index is 1300. The summed E-state index contributed by atoms with van der Waals surface area (Å²) in [4.78, 5) is 13.3. The lowest BCUT2D eigenvalue weighted by Crippen LogP contribution is -2.34. The van der Waals surface area contributed by atoms with E-state index in [1.807, 2.05) is 45.0 Å². The smallest absolute Gasteiger partial charge is 0.417 e. The van der Waals surface area contributed by atoms with Gasteiger partial charge in [0, 0.05) is 15.1 Å². The molecule has 1 aromatic heterocycles. The summed E-state index contributed by atoms with van der Waals surface area (Å²) >= 11 is 1.31. The van der Waals surface area contributed by atoms with Gasteiger partial charge in [-0.05, 0) is 78.7 Å². The van der Waals surface area contributed by atoms with E-state index in [0.29, 0.717) is 24.1 Å². The summed E-state index contributed by atoms with van der Waals surface area (Å²) in [7, 11) is 0. The Morgan fingerprint density at radius 2 is 1.51 bits per heavy atom. The van der Waals surface area contributed by atoms with E-state index >= 15 is 0 Å². The van der Waals surface area contributed by atoms with Crippen molar-refractivity contribution in [1.29, 1.82) is 0 Å². The second-order valence-electron chi connectivity index (χ2n) is 13.5. The van der Waals surface area contributed by atoms with Crippen molar-refractivity contribution in [3.8, 4) is 16.2 Å². The number of aliphatic hydroxyl groups excluding tert-OH is 2. The Morgan fingerprint density at radius 3 is 2.09 bits per heavy atom. The quantitative estimate of drug-likeness (QED) is 0.147. The second kappa shape index (κ2) is 14.4. The highest BCUT2D eigenvalue weighted by Gasteiger charge is 2.36. The second-order valence-corrected chi connectivity index (χ2v) is 14.6. The van der Waals surface area contributed by atoms with Crippen LogP contribution in [0.25, 0.3) is 20.5 Å². The van der Waals surface area contributed by atoms with E-state index in [2.05, 4.69) is 20.8 Å².